The number of ether oxygens (including phenoxy) is 5. The van der Waals surface area contributed by atoms with Crippen LogP contribution in [0.4, 0.5) is 26.3 Å². The normalized spacial score (nSPS) is 11.9. The number of hydrogen-bond acceptors (Lipinski definition) is 15. The number of esters is 1. The van der Waals surface area contributed by atoms with E-state index in [0.717, 1.165) is 18.5 Å². The fourth-order valence-corrected chi connectivity index (χ4v) is 8.55. The first-order valence-electron chi connectivity index (χ1n) is 25.4. The Morgan fingerprint density at radius 2 is 0.963 bits per heavy atom. The van der Waals surface area contributed by atoms with Crippen LogP contribution in [-0.2, 0) is 65.6 Å². The first-order chi connectivity index (χ1) is 38.0. The van der Waals surface area contributed by atoms with Gasteiger partial charge in [-0.3, -0.25) is 9.97 Å². The summed E-state index contributed by atoms with van der Waals surface area (Å²) in [5, 5.41) is 23.4. The van der Waals surface area contributed by atoms with Crippen LogP contribution in [0.15, 0.2) is 119 Å². The Kier molecular flexibility index (Phi) is 25.4. The predicted molar refractivity (Wildman–Crippen MR) is 280 cm³/mol. The molecule has 23 heteroatoms. The maximum atomic E-state index is 13.6. The number of aliphatic hydroxyl groups excluding tert-OH is 1. The van der Waals surface area contributed by atoms with E-state index < -0.39 is 47.9 Å². The van der Waals surface area contributed by atoms with Crippen LogP contribution in [0.1, 0.15) is 122 Å². The summed E-state index contributed by atoms with van der Waals surface area (Å²) in [6.45, 7) is 8.06. The van der Waals surface area contributed by atoms with Gasteiger partial charge >= 0.3 is 53.8 Å². The number of aliphatic hydroxyl groups is 1. The zero-order valence-corrected chi connectivity index (χ0v) is 47.7. The average molecular weight is 1140 g/mol. The smallest absolute Gasteiger partial charge is 0.870 e. The molecule has 0 aliphatic carbocycles. The molecule has 3 N–H and O–H groups in total. The largest absolute Gasteiger partial charge is 1.00 e. The van der Waals surface area contributed by atoms with Gasteiger partial charge in [-0.25, -0.2) is 9.59 Å². The molecule has 0 bridgehead atoms. The van der Waals surface area contributed by atoms with Crippen molar-refractivity contribution in [2.75, 3.05) is 14.2 Å². The van der Waals surface area contributed by atoms with Crippen molar-refractivity contribution in [2.24, 2.45) is 0 Å². The Morgan fingerprint density at radius 3 is 1.30 bits per heavy atom. The molecule has 0 fully saturated rings. The van der Waals surface area contributed by atoms with Gasteiger partial charge in [0.2, 0.25) is 12.2 Å². The van der Waals surface area contributed by atoms with Crippen molar-refractivity contribution in [1.29, 1.82) is 0 Å². The Labute approximate surface area is 485 Å². The monoisotopic (exact) mass is 1140 g/mol. The summed E-state index contributed by atoms with van der Waals surface area (Å²) < 4.78 is 121. The molecule has 0 aliphatic rings. The molecule has 2 unspecified atom stereocenters. The number of halogens is 6. The quantitative estimate of drug-likeness (QED) is 0.0365. The van der Waals surface area contributed by atoms with Crippen LogP contribution in [0.25, 0.3) is 21.9 Å². The maximum absolute atomic E-state index is 13.6. The van der Waals surface area contributed by atoms with Crippen molar-refractivity contribution < 1.29 is 114 Å². The molecule has 0 amide bonds. The maximum Gasteiger partial charge on any atom is 1.00 e. The second kappa shape index (κ2) is 31.1. The van der Waals surface area contributed by atoms with Crippen molar-refractivity contribution in [1.82, 2.24) is 20.3 Å². The van der Waals surface area contributed by atoms with Gasteiger partial charge in [0.05, 0.1) is 29.3 Å². The van der Waals surface area contributed by atoms with Gasteiger partial charge in [-0.05, 0) is 97.5 Å². The molecular formula is C58H61F6N4NaO12. The van der Waals surface area contributed by atoms with E-state index in [1.54, 1.807) is 67.0 Å². The van der Waals surface area contributed by atoms with Gasteiger partial charge in [-0.15, -0.1) is 0 Å². The van der Waals surface area contributed by atoms with E-state index in [2.05, 4.69) is 20.3 Å². The molecule has 4 aromatic carbocycles. The number of carboxylic acids is 1. The van der Waals surface area contributed by atoms with E-state index in [-0.39, 0.29) is 75.9 Å². The second-order valence-corrected chi connectivity index (χ2v) is 17.7. The molecule has 8 rings (SSSR count). The van der Waals surface area contributed by atoms with E-state index in [0.29, 0.717) is 102 Å². The fourth-order valence-electron chi connectivity index (χ4n) is 8.55. The summed E-state index contributed by atoms with van der Waals surface area (Å²) in [4.78, 5) is 33.6. The van der Waals surface area contributed by atoms with Crippen molar-refractivity contribution in [3.63, 3.8) is 0 Å². The predicted octanol–water partition coefficient (Wildman–Crippen LogP) is 10.4. The molecule has 8 aromatic rings. The van der Waals surface area contributed by atoms with Crippen molar-refractivity contribution in [2.45, 2.75) is 117 Å². The van der Waals surface area contributed by atoms with Crippen molar-refractivity contribution in [3.8, 4) is 23.0 Å². The molecule has 16 nitrogen and oxygen atoms in total. The zero-order valence-electron chi connectivity index (χ0n) is 45.7. The average Bonchev–Trinajstić information content (AvgIpc) is 4.34. The minimum absolute atomic E-state index is 0. The fraction of sp³-hybridized carbons (Fsp3) is 0.345. The number of nitrogens with zero attached hydrogens (tertiary/aromatic N) is 4. The topological polar surface area (TPSA) is 229 Å². The molecule has 81 heavy (non-hydrogen) atoms. The third-order valence-electron chi connectivity index (χ3n) is 12.1. The minimum Gasteiger partial charge on any atom is -0.870 e. The molecule has 4 heterocycles. The summed E-state index contributed by atoms with van der Waals surface area (Å²) >= 11 is 0. The Bertz CT molecular complexity index is 3230. The standard InChI is InChI=1S/C29H29F3N2O5.C28H27F3N2O5.CH4O.Na.H2O/c1-4-8-19-16-23-26(39-34-27(23)29(30,31)32)22(9-5-2)24(19)38-25(28(35)36-3)18-11-13-21(14-12-18)37-17-20-10-6-7-15-33-20;1-3-7-18-15-22-25(38-33-26(22)28(29,30)31)21(8-4-2)23(18)37-24(27(34)35)17-10-12-20(13-11-17)36-16-19-9-5-6-14-32-19;1-2;;/h6-7,10-16,25H,4-5,8-9,17H2,1-3H3;5-6,9-15,24H,3-4,7-8,16H2,1-2H3,(H,34,35);2H,1H3;;1H2/q;;;+1;/p-1. The van der Waals surface area contributed by atoms with Gasteiger partial charge in [0.25, 0.3) is 0 Å². The number of fused-ring (bicyclic) bond motifs is 2. The van der Waals surface area contributed by atoms with Crippen LogP contribution in [-0.4, -0.2) is 62.1 Å². The summed E-state index contributed by atoms with van der Waals surface area (Å²) in [7, 11) is 2.25. The summed E-state index contributed by atoms with van der Waals surface area (Å²) in [6, 6.07) is 27.0. The van der Waals surface area contributed by atoms with Gasteiger partial charge in [-0.1, -0.05) is 100 Å². The summed E-state index contributed by atoms with van der Waals surface area (Å²) in [6.07, 6.45) is -4.66. The van der Waals surface area contributed by atoms with Gasteiger partial charge in [-0.2, -0.15) is 26.3 Å². The third-order valence-corrected chi connectivity index (χ3v) is 12.1. The van der Waals surface area contributed by atoms with Gasteiger partial charge in [0.1, 0.15) is 36.2 Å². The van der Waals surface area contributed by atoms with Crippen LogP contribution in [0.2, 0.25) is 0 Å². The SMILES string of the molecule is CCCc1cc2c(C(F)(F)F)noc2c(CCC)c1OC(C(=O)O)c1ccc(OCc2ccccn2)cc1.CCCc1cc2c(C(F)(F)F)noc2c(CCC)c1OC(C(=O)OC)c1ccc(OCc2ccccn2)cc1.CO.[Na+].[OH-]. The molecule has 428 valence electrons. The Morgan fingerprint density at radius 1 is 0.580 bits per heavy atom. The molecule has 0 saturated heterocycles. The van der Waals surface area contributed by atoms with Crippen molar-refractivity contribution >= 4 is 33.9 Å². The van der Waals surface area contributed by atoms with Gasteiger partial charge in [0, 0.05) is 41.8 Å². The zero-order chi connectivity index (χ0) is 57.3. The van der Waals surface area contributed by atoms with E-state index in [9.17, 15) is 41.0 Å². The number of alkyl halides is 6. The van der Waals surface area contributed by atoms with Crippen LogP contribution >= 0.6 is 0 Å². The molecular weight excluding hydrogens is 1080 g/mol. The van der Waals surface area contributed by atoms with Crippen LogP contribution in [0.3, 0.4) is 0 Å². The number of hydrogen-bond donors (Lipinski definition) is 2. The first-order valence-corrected chi connectivity index (χ1v) is 25.4. The van der Waals surface area contributed by atoms with E-state index in [4.69, 9.17) is 37.8 Å². The number of pyridine rings is 2. The Balaban J connectivity index is 0.000000330. The molecule has 0 saturated carbocycles. The molecule has 0 spiro atoms. The summed E-state index contributed by atoms with van der Waals surface area (Å²) in [5.41, 5.74) is 1.93. The third kappa shape index (κ3) is 16.9. The molecule has 4 aromatic heterocycles. The molecule has 2 atom stereocenters. The number of aromatic nitrogens is 4. The van der Waals surface area contributed by atoms with Gasteiger partial charge in [0.15, 0.2) is 22.6 Å². The van der Waals surface area contributed by atoms with E-state index in [1.807, 2.05) is 58.0 Å². The van der Waals surface area contributed by atoms with E-state index in [1.165, 1.54) is 19.2 Å². The number of carbonyl (C=O) groups is 2. The van der Waals surface area contributed by atoms with E-state index >= 15 is 0 Å². The number of benzene rings is 4. The number of aliphatic carboxylic acids is 1. The Hall–Kier alpha value is -7.24. The number of carbonyl (C=O) groups excluding carboxylic acids is 1. The van der Waals surface area contributed by atoms with Crippen LogP contribution in [0, 0.1) is 0 Å². The number of methoxy groups -OCH3 is 1. The van der Waals surface area contributed by atoms with Crippen LogP contribution < -0.4 is 48.5 Å². The number of aryl methyl sites for hydroxylation is 4. The summed E-state index contributed by atoms with van der Waals surface area (Å²) in [5.74, 6) is -0.295. The number of carboxylic acid groups (broad SMARTS) is 1. The molecule has 0 radical (unpaired) electrons. The first kappa shape index (κ1) is 66.3. The molecule has 0 aliphatic heterocycles. The number of rotatable bonds is 22. The second-order valence-electron chi connectivity index (χ2n) is 17.7. The minimum atomic E-state index is -4.69. The van der Waals surface area contributed by atoms with Crippen LogP contribution in [0.5, 0.6) is 23.0 Å². The van der Waals surface area contributed by atoms with Crippen molar-refractivity contribution in [3.05, 3.63) is 166 Å². The van der Waals surface area contributed by atoms with Gasteiger partial charge < -0.3 is 48.4 Å².